The van der Waals surface area contributed by atoms with Gasteiger partial charge in [0.1, 0.15) is 5.82 Å². The maximum absolute atomic E-state index is 4.49. The van der Waals surface area contributed by atoms with E-state index in [0.717, 1.165) is 18.1 Å². The molecule has 3 rings (SSSR count). The van der Waals surface area contributed by atoms with Crippen LogP contribution in [0.3, 0.4) is 0 Å². The van der Waals surface area contributed by atoms with Crippen LogP contribution in [0, 0.1) is 12.3 Å². The second-order valence-corrected chi connectivity index (χ2v) is 6.60. The Labute approximate surface area is 126 Å². The van der Waals surface area contributed by atoms with Crippen molar-refractivity contribution >= 4 is 0 Å². The van der Waals surface area contributed by atoms with Crippen LogP contribution in [0.1, 0.15) is 49.0 Å². The number of rotatable bonds is 3. The molecule has 21 heavy (non-hydrogen) atoms. The first-order valence-corrected chi connectivity index (χ1v) is 7.66. The van der Waals surface area contributed by atoms with Gasteiger partial charge in [0.05, 0.1) is 5.69 Å². The Morgan fingerprint density at radius 1 is 1.24 bits per heavy atom. The summed E-state index contributed by atoms with van der Waals surface area (Å²) in [5.74, 6) is 0.831. The molecule has 1 N–H and O–H groups in total. The summed E-state index contributed by atoms with van der Waals surface area (Å²) < 4.78 is 0. The van der Waals surface area contributed by atoms with Crippen molar-refractivity contribution in [1.82, 2.24) is 15.3 Å². The molecule has 1 aromatic carbocycles. The first kappa shape index (κ1) is 14.2. The Bertz CT molecular complexity index is 634. The predicted octanol–water partition coefficient (Wildman–Crippen LogP) is 3.59. The zero-order valence-electron chi connectivity index (χ0n) is 13.1. The number of aryl methyl sites for hydroxylation is 2. The van der Waals surface area contributed by atoms with E-state index in [-0.39, 0.29) is 5.41 Å². The second kappa shape index (κ2) is 5.57. The maximum Gasteiger partial charge on any atom is 0.125 e. The molecule has 110 valence electrons. The number of hydrogen-bond donors (Lipinski definition) is 1. The third kappa shape index (κ3) is 2.98. The number of hydrogen-bond acceptors (Lipinski definition) is 3. The quantitative estimate of drug-likeness (QED) is 0.934. The molecule has 0 saturated heterocycles. The van der Waals surface area contributed by atoms with Gasteiger partial charge in [-0.2, -0.15) is 0 Å². The van der Waals surface area contributed by atoms with Crippen LogP contribution >= 0.6 is 0 Å². The Morgan fingerprint density at radius 2 is 2.05 bits per heavy atom. The SMILES string of the molecule is Cc1nccc(CNC2c3ccccc3CCC2(C)C)n1. The molecule has 1 heterocycles. The molecule has 1 unspecified atom stereocenters. The highest BCUT2D eigenvalue weighted by atomic mass is 15.0. The summed E-state index contributed by atoms with van der Waals surface area (Å²) in [4.78, 5) is 8.65. The van der Waals surface area contributed by atoms with Crippen molar-refractivity contribution in [2.24, 2.45) is 5.41 Å². The zero-order chi connectivity index (χ0) is 14.9. The van der Waals surface area contributed by atoms with Crippen LogP contribution in [-0.4, -0.2) is 9.97 Å². The lowest BCUT2D eigenvalue weighted by Crippen LogP contribution is -2.38. The summed E-state index contributed by atoms with van der Waals surface area (Å²) in [6.07, 6.45) is 4.22. The van der Waals surface area contributed by atoms with Crippen LogP contribution in [0.25, 0.3) is 0 Å². The van der Waals surface area contributed by atoms with Crippen molar-refractivity contribution in [3.63, 3.8) is 0 Å². The largest absolute Gasteiger partial charge is 0.304 e. The van der Waals surface area contributed by atoms with Crippen LogP contribution in [0.2, 0.25) is 0 Å². The first-order chi connectivity index (χ1) is 10.1. The fourth-order valence-corrected chi connectivity index (χ4v) is 3.26. The third-order valence-corrected chi connectivity index (χ3v) is 4.51. The third-order valence-electron chi connectivity index (χ3n) is 4.51. The van der Waals surface area contributed by atoms with Gasteiger partial charge in [0.2, 0.25) is 0 Å². The molecule has 1 aliphatic rings. The zero-order valence-corrected chi connectivity index (χ0v) is 13.1. The molecule has 1 aliphatic carbocycles. The Hall–Kier alpha value is -1.74. The van der Waals surface area contributed by atoms with E-state index in [1.165, 1.54) is 24.0 Å². The second-order valence-electron chi connectivity index (χ2n) is 6.60. The van der Waals surface area contributed by atoms with Gasteiger partial charge in [0.15, 0.2) is 0 Å². The lowest BCUT2D eigenvalue weighted by molar-refractivity contribution is 0.207. The molecule has 0 bridgehead atoms. The van der Waals surface area contributed by atoms with Gasteiger partial charge in [-0.15, -0.1) is 0 Å². The molecule has 0 aliphatic heterocycles. The van der Waals surface area contributed by atoms with Crippen LogP contribution in [0.15, 0.2) is 36.5 Å². The van der Waals surface area contributed by atoms with Gasteiger partial charge >= 0.3 is 0 Å². The summed E-state index contributed by atoms with van der Waals surface area (Å²) in [6, 6.07) is 11.2. The summed E-state index contributed by atoms with van der Waals surface area (Å²) in [7, 11) is 0. The highest BCUT2D eigenvalue weighted by Crippen LogP contribution is 2.43. The normalized spacial score (nSPS) is 20.0. The van der Waals surface area contributed by atoms with Gasteiger partial charge in [-0.1, -0.05) is 38.1 Å². The highest BCUT2D eigenvalue weighted by Gasteiger charge is 2.35. The van der Waals surface area contributed by atoms with Gasteiger partial charge in [-0.25, -0.2) is 9.97 Å². The minimum atomic E-state index is 0.260. The lowest BCUT2D eigenvalue weighted by Gasteiger charge is -2.40. The van der Waals surface area contributed by atoms with Gasteiger partial charge in [-0.3, -0.25) is 0 Å². The number of aromatic nitrogens is 2. The smallest absolute Gasteiger partial charge is 0.125 e. The molecular weight excluding hydrogens is 258 g/mol. The molecule has 0 radical (unpaired) electrons. The maximum atomic E-state index is 4.49. The van der Waals surface area contributed by atoms with E-state index in [1.807, 2.05) is 19.2 Å². The van der Waals surface area contributed by atoms with E-state index in [1.54, 1.807) is 0 Å². The van der Waals surface area contributed by atoms with E-state index < -0.39 is 0 Å². The van der Waals surface area contributed by atoms with Gasteiger partial charge in [0.25, 0.3) is 0 Å². The molecule has 0 spiro atoms. The lowest BCUT2D eigenvalue weighted by atomic mass is 9.70. The predicted molar refractivity (Wildman–Crippen MR) is 84.9 cm³/mol. The topological polar surface area (TPSA) is 37.8 Å². The van der Waals surface area contributed by atoms with E-state index in [0.29, 0.717) is 6.04 Å². The molecule has 3 nitrogen and oxygen atoms in total. The van der Waals surface area contributed by atoms with E-state index in [4.69, 9.17) is 0 Å². The fraction of sp³-hybridized carbons (Fsp3) is 0.444. The standard InChI is InChI=1S/C18H23N3/c1-13-19-11-9-15(21-13)12-20-17-16-7-5-4-6-14(16)8-10-18(17,2)3/h4-7,9,11,17,20H,8,10,12H2,1-3H3. The van der Waals surface area contributed by atoms with Crippen molar-refractivity contribution in [2.45, 2.75) is 46.2 Å². The van der Waals surface area contributed by atoms with Crippen LogP contribution in [0.4, 0.5) is 0 Å². The Morgan fingerprint density at radius 3 is 2.86 bits per heavy atom. The first-order valence-electron chi connectivity index (χ1n) is 7.66. The van der Waals surface area contributed by atoms with Crippen molar-refractivity contribution in [3.8, 4) is 0 Å². The number of fused-ring (bicyclic) bond motifs is 1. The Balaban J connectivity index is 1.83. The highest BCUT2D eigenvalue weighted by molar-refractivity contribution is 5.34. The molecule has 2 aromatic rings. The van der Waals surface area contributed by atoms with E-state index in [9.17, 15) is 0 Å². The molecule has 0 amide bonds. The molecule has 3 heteroatoms. The minimum Gasteiger partial charge on any atom is -0.304 e. The molecule has 1 atom stereocenters. The van der Waals surface area contributed by atoms with Gasteiger partial charge < -0.3 is 5.32 Å². The van der Waals surface area contributed by atoms with Crippen molar-refractivity contribution in [3.05, 3.63) is 59.2 Å². The van der Waals surface area contributed by atoms with Gasteiger partial charge in [0, 0.05) is 18.8 Å². The van der Waals surface area contributed by atoms with E-state index in [2.05, 4.69) is 53.4 Å². The summed E-state index contributed by atoms with van der Waals surface area (Å²) in [6.45, 7) is 7.42. The van der Waals surface area contributed by atoms with Crippen molar-refractivity contribution < 1.29 is 0 Å². The monoisotopic (exact) mass is 281 g/mol. The number of benzene rings is 1. The van der Waals surface area contributed by atoms with Gasteiger partial charge in [-0.05, 0) is 42.4 Å². The Kier molecular flexibility index (Phi) is 3.77. The van der Waals surface area contributed by atoms with Crippen LogP contribution in [-0.2, 0) is 13.0 Å². The van der Waals surface area contributed by atoms with Crippen LogP contribution < -0.4 is 5.32 Å². The van der Waals surface area contributed by atoms with Crippen molar-refractivity contribution in [2.75, 3.05) is 0 Å². The minimum absolute atomic E-state index is 0.260. The number of nitrogens with one attached hydrogen (secondary N) is 1. The molecule has 0 fully saturated rings. The summed E-state index contributed by atoms with van der Waals surface area (Å²) in [5, 5.41) is 3.72. The molecule has 0 saturated carbocycles. The average Bonchev–Trinajstić information content (AvgIpc) is 2.46. The van der Waals surface area contributed by atoms with Crippen molar-refractivity contribution in [1.29, 1.82) is 0 Å². The average molecular weight is 281 g/mol. The fourth-order valence-electron chi connectivity index (χ4n) is 3.26. The molecular formula is C18H23N3. The molecule has 1 aromatic heterocycles. The van der Waals surface area contributed by atoms with Crippen LogP contribution in [0.5, 0.6) is 0 Å². The summed E-state index contributed by atoms with van der Waals surface area (Å²) in [5.41, 5.74) is 4.24. The van der Waals surface area contributed by atoms with E-state index >= 15 is 0 Å². The summed E-state index contributed by atoms with van der Waals surface area (Å²) >= 11 is 0. The number of nitrogens with zero attached hydrogens (tertiary/aromatic N) is 2.